The molecular weight excluding hydrogens is 254 g/mol. The molecule has 0 bridgehead atoms. The Hall–Kier alpha value is -1.93. The van der Waals surface area contributed by atoms with Gasteiger partial charge in [0.2, 0.25) is 10.0 Å². The lowest BCUT2D eigenvalue weighted by Crippen LogP contribution is -2.24. The molecule has 8 heteroatoms. The Morgan fingerprint density at radius 3 is 2.83 bits per heavy atom. The van der Waals surface area contributed by atoms with Gasteiger partial charge in [0.15, 0.2) is 0 Å². The van der Waals surface area contributed by atoms with Gasteiger partial charge in [-0.2, -0.15) is 5.10 Å². The third-order valence-electron chi connectivity index (χ3n) is 2.32. The molecule has 0 saturated carbocycles. The molecule has 0 aliphatic carbocycles. The normalized spacial score (nSPS) is 11.6. The van der Waals surface area contributed by atoms with Crippen molar-refractivity contribution in [3.8, 4) is 0 Å². The second kappa shape index (κ2) is 4.75. The summed E-state index contributed by atoms with van der Waals surface area (Å²) in [5, 5.41) is 4.07. The van der Waals surface area contributed by atoms with Gasteiger partial charge in [-0.15, -0.1) is 0 Å². The smallest absolute Gasteiger partial charge is 0.244 e. The zero-order valence-corrected chi connectivity index (χ0v) is 10.6. The minimum absolute atomic E-state index is 0.0269. The van der Waals surface area contributed by atoms with Gasteiger partial charge in [0, 0.05) is 25.6 Å². The highest BCUT2D eigenvalue weighted by atomic mass is 32.2. The lowest BCUT2D eigenvalue weighted by atomic mass is 10.4. The average molecular weight is 267 g/mol. The fraction of sp³-hybridized carbons (Fsp3) is 0.200. The molecule has 7 nitrogen and oxygen atoms in total. The first-order valence-electron chi connectivity index (χ1n) is 5.17. The van der Waals surface area contributed by atoms with E-state index >= 15 is 0 Å². The lowest BCUT2D eigenvalue weighted by molar-refractivity contribution is 0.579. The molecule has 0 radical (unpaired) electrons. The summed E-state index contributed by atoms with van der Waals surface area (Å²) in [5.41, 5.74) is 6.39. The van der Waals surface area contributed by atoms with Crippen LogP contribution in [0.3, 0.4) is 0 Å². The van der Waals surface area contributed by atoms with Crippen LogP contribution in [-0.4, -0.2) is 23.2 Å². The Morgan fingerprint density at radius 1 is 1.44 bits per heavy atom. The standard InChI is InChI=1S/C10H13N5O2S/c1-15-5-3-8(14-15)6-13-18(16,17)10-7-12-4-2-9(10)11/h2-5,7,13H,6H2,1H3,(H2,11,12). The molecule has 3 N–H and O–H groups in total. The van der Waals surface area contributed by atoms with Gasteiger partial charge in [0.25, 0.3) is 0 Å². The minimum Gasteiger partial charge on any atom is -0.398 e. The third kappa shape index (κ3) is 2.66. The van der Waals surface area contributed by atoms with E-state index in [1.54, 1.807) is 24.0 Å². The number of nitrogen functional groups attached to an aromatic ring is 1. The number of hydrogen-bond acceptors (Lipinski definition) is 5. The lowest BCUT2D eigenvalue weighted by Gasteiger charge is -2.06. The molecule has 0 amide bonds. The van der Waals surface area contributed by atoms with Gasteiger partial charge in [-0.3, -0.25) is 9.67 Å². The quantitative estimate of drug-likeness (QED) is 0.803. The second-order valence-corrected chi connectivity index (χ2v) is 5.45. The predicted molar refractivity (Wildman–Crippen MR) is 65.9 cm³/mol. The molecule has 0 aliphatic heterocycles. The highest BCUT2D eigenvalue weighted by Crippen LogP contribution is 2.15. The third-order valence-corrected chi connectivity index (χ3v) is 3.76. The molecule has 0 unspecified atom stereocenters. The fourth-order valence-corrected chi connectivity index (χ4v) is 2.49. The highest BCUT2D eigenvalue weighted by molar-refractivity contribution is 7.89. The monoisotopic (exact) mass is 267 g/mol. The van der Waals surface area contributed by atoms with Crippen LogP contribution in [0.5, 0.6) is 0 Å². The first-order valence-corrected chi connectivity index (χ1v) is 6.65. The predicted octanol–water partition coefficient (Wildman–Crippen LogP) is -0.124. The molecule has 0 aliphatic rings. The Bertz CT molecular complexity index is 650. The van der Waals surface area contributed by atoms with Gasteiger partial charge in [-0.25, -0.2) is 13.1 Å². The maximum absolute atomic E-state index is 12.0. The SMILES string of the molecule is Cn1ccc(CNS(=O)(=O)c2cnccc2N)n1. The number of aryl methyl sites for hydroxylation is 1. The van der Waals surface area contributed by atoms with Crippen molar-refractivity contribution in [2.24, 2.45) is 7.05 Å². The first-order chi connectivity index (χ1) is 8.49. The number of aromatic nitrogens is 3. The van der Waals surface area contributed by atoms with Crippen LogP contribution in [0.4, 0.5) is 5.69 Å². The molecule has 2 heterocycles. The van der Waals surface area contributed by atoms with Crippen LogP contribution in [0.1, 0.15) is 5.69 Å². The zero-order valence-electron chi connectivity index (χ0n) is 9.74. The molecule has 18 heavy (non-hydrogen) atoms. The van der Waals surface area contributed by atoms with Crippen molar-refractivity contribution in [1.29, 1.82) is 0 Å². The average Bonchev–Trinajstić information content (AvgIpc) is 2.73. The summed E-state index contributed by atoms with van der Waals surface area (Å²) in [4.78, 5) is 3.73. The Balaban J connectivity index is 2.16. The number of sulfonamides is 1. The van der Waals surface area contributed by atoms with Crippen molar-refractivity contribution in [3.63, 3.8) is 0 Å². The summed E-state index contributed by atoms with van der Waals surface area (Å²) in [7, 11) is -1.91. The molecule has 96 valence electrons. The van der Waals surface area contributed by atoms with E-state index in [4.69, 9.17) is 5.73 Å². The van der Waals surface area contributed by atoms with Gasteiger partial charge in [-0.1, -0.05) is 0 Å². The van der Waals surface area contributed by atoms with Crippen molar-refractivity contribution in [2.45, 2.75) is 11.4 Å². The summed E-state index contributed by atoms with van der Waals surface area (Å²) < 4.78 is 28.0. The van der Waals surface area contributed by atoms with Gasteiger partial charge in [-0.05, 0) is 12.1 Å². The van der Waals surface area contributed by atoms with E-state index in [2.05, 4.69) is 14.8 Å². The van der Waals surface area contributed by atoms with Crippen molar-refractivity contribution < 1.29 is 8.42 Å². The molecule has 0 saturated heterocycles. The van der Waals surface area contributed by atoms with Crippen LogP contribution in [0.15, 0.2) is 35.6 Å². The van der Waals surface area contributed by atoms with E-state index in [-0.39, 0.29) is 17.1 Å². The Labute approximate surface area is 105 Å². The molecule has 0 fully saturated rings. The summed E-state index contributed by atoms with van der Waals surface area (Å²) in [5.74, 6) is 0. The zero-order chi connectivity index (χ0) is 13.2. The van der Waals surface area contributed by atoms with E-state index in [9.17, 15) is 8.42 Å². The largest absolute Gasteiger partial charge is 0.398 e. The van der Waals surface area contributed by atoms with Crippen LogP contribution >= 0.6 is 0 Å². The van der Waals surface area contributed by atoms with Crippen LogP contribution in [0, 0.1) is 0 Å². The second-order valence-electron chi connectivity index (χ2n) is 3.72. The van der Waals surface area contributed by atoms with Crippen LogP contribution in [-0.2, 0) is 23.6 Å². The van der Waals surface area contributed by atoms with Crippen molar-refractivity contribution in [1.82, 2.24) is 19.5 Å². The Kier molecular flexibility index (Phi) is 3.30. The fourth-order valence-electron chi connectivity index (χ4n) is 1.42. The molecule has 2 rings (SSSR count). The van der Waals surface area contributed by atoms with Crippen LogP contribution in [0.2, 0.25) is 0 Å². The molecule has 0 atom stereocenters. The molecule has 0 aromatic carbocycles. The van der Waals surface area contributed by atoms with Gasteiger partial charge in [0.05, 0.1) is 17.9 Å². The van der Waals surface area contributed by atoms with E-state index in [0.29, 0.717) is 5.69 Å². The van der Waals surface area contributed by atoms with Crippen molar-refractivity contribution in [2.75, 3.05) is 5.73 Å². The maximum atomic E-state index is 12.0. The van der Waals surface area contributed by atoms with Crippen LogP contribution in [0.25, 0.3) is 0 Å². The van der Waals surface area contributed by atoms with Crippen molar-refractivity contribution >= 4 is 15.7 Å². The van der Waals surface area contributed by atoms with Crippen molar-refractivity contribution in [3.05, 3.63) is 36.4 Å². The number of nitrogens with two attached hydrogens (primary N) is 1. The molecule has 2 aromatic rings. The van der Waals surface area contributed by atoms with E-state index < -0.39 is 10.0 Å². The summed E-state index contributed by atoms with van der Waals surface area (Å²) >= 11 is 0. The van der Waals surface area contributed by atoms with E-state index in [0.717, 1.165) is 0 Å². The highest BCUT2D eigenvalue weighted by Gasteiger charge is 2.17. The maximum Gasteiger partial charge on any atom is 0.244 e. The number of anilines is 1. The van der Waals surface area contributed by atoms with E-state index in [1.807, 2.05) is 0 Å². The summed E-state index contributed by atoms with van der Waals surface area (Å²) in [6.45, 7) is 0.109. The van der Waals surface area contributed by atoms with E-state index in [1.165, 1.54) is 18.5 Å². The molecule has 0 spiro atoms. The molecular formula is C10H13N5O2S. The van der Waals surface area contributed by atoms with Crippen LogP contribution < -0.4 is 10.5 Å². The van der Waals surface area contributed by atoms with Gasteiger partial charge in [0.1, 0.15) is 4.90 Å². The van der Waals surface area contributed by atoms with Gasteiger partial charge < -0.3 is 5.73 Å². The number of hydrogen-bond donors (Lipinski definition) is 2. The first kappa shape index (κ1) is 12.5. The Morgan fingerprint density at radius 2 is 2.22 bits per heavy atom. The number of pyridine rings is 1. The minimum atomic E-state index is -3.67. The summed E-state index contributed by atoms with van der Waals surface area (Å²) in [6.07, 6.45) is 4.39. The number of rotatable bonds is 4. The van der Waals surface area contributed by atoms with Gasteiger partial charge >= 0.3 is 0 Å². The topological polar surface area (TPSA) is 103 Å². The number of nitrogens with one attached hydrogen (secondary N) is 1. The summed E-state index contributed by atoms with van der Waals surface area (Å²) in [6, 6.07) is 3.17. The number of nitrogens with zero attached hydrogens (tertiary/aromatic N) is 3. The molecule has 2 aromatic heterocycles.